The molecule has 214 valence electrons. The lowest BCUT2D eigenvalue weighted by Crippen LogP contribution is -2.51. The van der Waals surface area contributed by atoms with Gasteiger partial charge in [0.25, 0.3) is 0 Å². The molecule has 40 heavy (non-hydrogen) atoms. The standard InChI is InChI=1S/C32H39FIN3O3/c1-23(2)21-39-29-14-11-26(17-30(29)40-22-25-7-5-4-6-8-25)19-35-32(38)37(20-24-9-12-27(33)13-10-24)28-15-16-36(3)31(34)18-28/h4-14,17,23,28,31H,15-16,18-22H2,1-3H3,(H,35,38). The van der Waals surface area contributed by atoms with Crippen LogP contribution in [-0.4, -0.2) is 46.1 Å². The minimum absolute atomic E-state index is 0.0970. The summed E-state index contributed by atoms with van der Waals surface area (Å²) in [5.74, 6) is 1.45. The highest BCUT2D eigenvalue weighted by Crippen LogP contribution is 2.30. The molecule has 6 nitrogen and oxygen atoms in total. The Morgan fingerprint density at radius 1 is 1.02 bits per heavy atom. The molecule has 2 unspecified atom stereocenters. The van der Waals surface area contributed by atoms with Gasteiger partial charge in [0.2, 0.25) is 0 Å². The zero-order valence-corrected chi connectivity index (χ0v) is 25.6. The van der Waals surface area contributed by atoms with Gasteiger partial charge < -0.3 is 19.7 Å². The van der Waals surface area contributed by atoms with Gasteiger partial charge >= 0.3 is 6.03 Å². The summed E-state index contributed by atoms with van der Waals surface area (Å²) in [5.41, 5.74) is 2.90. The molecule has 1 aliphatic rings. The molecular weight excluding hydrogens is 620 g/mol. The molecule has 4 rings (SSSR count). The van der Waals surface area contributed by atoms with Crippen LogP contribution in [0.2, 0.25) is 0 Å². The lowest BCUT2D eigenvalue weighted by Gasteiger charge is -2.40. The number of amides is 2. The molecule has 8 heteroatoms. The molecule has 1 heterocycles. The van der Waals surface area contributed by atoms with Crippen LogP contribution in [-0.2, 0) is 19.7 Å². The van der Waals surface area contributed by atoms with E-state index in [1.807, 2.05) is 53.4 Å². The normalized spacial score (nSPS) is 17.4. The van der Waals surface area contributed by atoms with Crippen molar-refractivity contribution in [1.82, 2.24) is 15.1 Å². The number of carbonyl (C=O) groups excluding carboxylic acids is 1. The number of hydrogen-bond donors (Lipinski definition) is 1. The van der Waals surface area contributed by atoms with E-state index in [0.29, 0.717) is 47.8 Å². The van der Waals surface area contributed by atoms with E-state index in [9.17, 15) is 9.18 Å². The Morgan fingerprint density at radius 3 is 2.45 bits per heavy atom. The number of alkyl halides is 1. The van der Waals surface area contributed by atoms with Crippen molar-refractivity contribution in [3.05, 3.63) is 95.3 Å². The minimum Gasteiger partial charge on any atom is -0.489 e. The topological polar surface area (TPSA) is 54.0 Å². The summed E-state index contributed by atoms with van der Waals surface area (Å²) in [4.78, 5) is 17.8. The predicted molar refractivity (Wildman–Crippen MR) is 165 cm³/mol. The number of hydrogen-bond acceptors (Lipinski definition) is 4. The Kier molecular flexibility index (Phi) is 11.1. The molecule has 3 aromatic carbocycles. The summed E-state index contributed by atoms with van der Waals surface area (Å²) < 4.78 is 26.1. The molecule has 1 aliphatic heterocycles. The Hall–Kier alpha value is -2.85. The van der Waals surface area contributed by atoms with E-state index in [1.54, 1.807) is 12.1 Å². The van der Waals surface area contributed by atoms with Crippen molar-refractivity contribution in [2.45, 2.75) is 56.5 Å². The summed E-state index contributed by atoms with van der Waals surface area (Å²) >= 11 is 2.44. The average molecular weight is 660 g/mol. The van der Waals surface area contributed by atoms with E-state index in [-0.39, 0.29) is 17.9 Å². The van der Waals surface area contributed by atoms with Crippen molar-refractivity contribution < 1.29 is 18.7 Å². The third-order valence-corrected chi connectivity index (χ3v) is 8.45. The summed E-state index contributed by atoms with van der Waals surface area (Å²) in [6.07, 6.45) is 1.77. The Bertz CT molecular complexity index is 1230. The maximum absolute atomic E-state index is 13.6. The highest BCUT2D eigenvalue weighted by Gasteiger charge is 2.31. The van der Waals surface area contributed by atoms with Crippen molar-refractivity contribution in [3.8, 4) is 11.5 Å². The van der Waals surface area contributed by atoms with Crippen LogP contribution in [0, 0.1) is 11.7 Å². The van der Waals surface area contributed by atoms with Gasteiger partial charge in [-0.05, 0) is 66.8 Å². The van der Waals surface area contributed by atoms with E-state index >= 15 is 0 Å². The van der Waals surface area contributed by atoms with Crippen LogP contribution in [0.4, 0.5) is 9.18 Å². The second kappa shape index (κ2) is 14.7. The highest BCUT2D eigenvalue weighted by molar-refractivity contribution is 14.1. The van der Waals surface area contributed by atoms with Crippen molar-refractivity contribution in [1.29, 1.82) is 0 Å². The molecule has 1 saturated heterocycles. The molecule has 2 amide bonds. The lowest BCUT2D eigenvalue weighted by atomic mass is 10.0. The zero-order valence-electron chi connectivity index (χ0n) is 23.5. The van der Waals surface area contributed by atoms with Crippen LogP contribution in [0.1, 0.15) is 43.4 Å². The molecular formula is C32H39FIN3O3. The number of nitrogens with zero attached hydrogens (tertiary/aromatic N) is 2. The van der Waals surface area contributed by atoms with Crippen LogP contribution in [0.15, 0.2) is 72.8 Å². The van der Waals surface area contributed by atoms with Crippen molar-refractivity contribution in [2.75, 3.05) is 20.2 Å². The Labute approximate surface area is 251 Å². The van der Waals surface area contributed by atoms with Crippen LogP contribution >= 0.6 is 22.6 Å². The molecule has 1 N–H and O–H groups in total. The number of ether oxygens (including phenoxy) is 2. The van der Waals surface area contributed by atoms with Crippen LogP contribution in [0.3, 0.4) is 0 Å². The van der Waals surface area contributed by atoms with Gasteiger partial charge in [0.05, 0.1) is 10.7 Å². The second-order valence-corrected chi connectivity index (χ2v) is 12.2. The third-order valence-electron chi connectivity index (χ3n) is 6.99. The first-order valence-electron chi connectivity index (χ1n) is 13.8. The fourth-order valence-electron chi connectivity index (χ4n) is 4.62. The quantitative estimate of drug-likeness (QED) is 0.137. The minimum atomic E-state index is -0.280. The molecule has 0 aromatic heterocycles. The van der Waals surface area contributed by atoms with Crippen LogP contribution < -0.4 is 14.8 Å². The Balaban J connectivity index is 1.47. The maximum atomic E-state index is 13.6. The summed E-state index contributed by atoms with van der Waals surface area (Å²) in [6.45, 7) is 6.93. The summed E-state index contributed by atoms with van der Waals surface area (Å²) in [5, 5.41) is 3.13. The van der Waals surface area contributed by atoms with Crippen LogP contribution in [0.5, 0.6) is 11.5 Å². The smallest absolute Gasteiger partial charge is 0.318 e. The number of rotatable bonds is 11. The Morgan fingerprint density at radius 2 is 1.75 bits per heavy atom. The number of piperidine rings is 1. The molecule has 0 bridgehead atoms. The first kappa shape index (κ1) is 30.1. The summed E-state index contributed by atoms with van der Waals surface area (Å²) in [6, 6.07) is 22.2. The van der Waals surface area contributed by atoms with Gasteiger partial charge in [-0.25, -0.2) is 9.18 Å². The number of urea groups is 1. The van der Waals surface area contributed by atoms with Gasteiger partial charge in [0, 0.05) is 25.7 Å². The van der Waals surface area contributed by atoms with E-state index in [1.165, 1.54) is 12.1 Å². The first-order chi connectivity index (χ1) is 19.3. The predicted octanol–water partition coefficient (Wildman–Crippen LogP) is 7.01. The number of likely N-dealkylation sites (tertiary alicyclic amines) is 1. The number of nitrogens with one attached hydrogen (secondary N) is 1. The molecule has 0 aliphatic carbocycles. The van der Waals surface area contributed by atoms with Crippen molar-refractivity contribution in [3.63, 3.8) is 0 Å². The highest BCUT2D eigenvalue weighted by atomic mass is 127. The van der Waals surface area contributed by atoms with Gasteiger partial charge in [-0.15, -0.1) is 0 Å². The number of carbonyl (C=O) groups is 1. The maximum Gasteiger partial charge on any atom is 0.318 e. The van der Waals surface area contributed by atoms with Gasteiger partial charge in [0.1, 0.15) is 12.4 Å². The molecule has 2 atom stereocenters. The third kappa shape index (κ3) is 8.83. The zero-order chi connectivity index (χ0) is 28.5. The fourth-order valence-corrected chi connectivity index (χ4v) is 5.48. The van der Waals surface area contributed by atoms with Crippen molar-refractivity contribution in [2.24, 2.45) is 5.92 Å². The summed E-state index contributed by atoms with van der Waals surface area (Å²) in [7, 11) is 2.11. The SMILES string of the molecule is CC(C)COc1ccc(CNC(=O)N(Cc2ccc(F)cc2)C2CCN(C)C(I)C2)cc1OCc1ccccc1. The monoisotopic (exact) mass is 659 g/mol. The van der Waals surface area contributed by atoms with Gasteiger partial charge in [-0.2, -0.15) is 0 Å². The first-order valence-corrected chi connectivity index (χ1v) is 15.1. The van der Waals surface area contributed by atoms with E-state index in [2.05, 4.69) is 53.7 Å². The second-order valence-electron chi connectivity index (χ2n) is 10.8. The molecule has 3 aromatic rings. The van der Waals surface area contributed by atoms with E-state index in [0.717, 1.165) is 36.1 Å². The molecule has 0 saturated carbocycles. The van der Waals surface area contributed by atoms with E-state index < -0.39 is 0 Å². The van der Waals surface area contributed by atoms with Gasteiger partial charge in [0.15, 0.2) is 11.5 Å². The average Bonchev–Trinajstić information content (AvgIpc) is 2.96. The fraction of sp³-hybridized carbons (Fsp3) is 0.406. The number of halogens is 2. The molecule has 0 spiro atoms. The molecule has 1 fully saturated rings. The van der Waals surface area contributed by atoms with E-state index in [4.69, 9.17) is 9.47 Å². The van der Waals surface area contributed by atoms with Gasteiger partial charge in [-0.1, -0.05) is 85.0 Å². The molecule has 0 radical (unpaired) electrons. The number of benzene rings is 3. The largest absolute Gasteiger partial charge is 0.489 e. The van der Waals surface area contributed by atoms with Crippen LogP contribution in [0.25, 0.3) is 0 Å². The van der Waals surface area contributed by atoms with Crippen molar-refractivity contribution >= 4 is 28.6 Å². The van der Waals surface area contributed by atoms with Gasteiger partial charge in [-0.3, -0.25) is 4.90 Å². The lowest BCUT2D eigenvalue weighted by molar-refractivity contribution is 0.122.